The largest absolute Gasteiger partial charge is 0.364 e. The summed E-state index contributed by atoms with van der Waals surface area (Å²) < 4.78 is 0. The van der Waals surface area contributed by atoms with E-state index in [1.54, 1.807) is 12.4 Å². The maximum atomic E-state index is 4.53. The van der Waals surface area contributed by atoms with Gasteiger partial charge in [-0.2, -0.15) is 10.1 Å². The van der Waals surface area contributed by atoms with E-state index >= 15 is 0 Å². The van der Waals surface area contributed by atoms with Crippen LogP contribution in [0.1, 0.15) is 24.8 Å². The van der Waals surface area contributed by atoms with Crippen molar-refractivity contribution in [3.63, 3.8) is 0 Å². The summed E-state index contributed by atoms with van der Waals surface area (Å²) in [7, 11) is 0. The average molecular weight is 270 g/mol. The second-order valence-corrected chi connectivity index (χ2v) is 4.90. The number of rotatable bonds is 4. The van der Waals surface area contributed by atoms with Crippen LogP contribution in [0.4, 0.5) is 11.8 Å². The maximum Gasteiger partial charge on any atom is 0.247 e. The Hall–Kier alpha value is -2.24. The summed E-state index contributed by atoms with van der Waals surface area (Å²) in [5.74, 6) is 1.48. The van der Waals surface area contributed by atoms with Crippen molar-refractivity contribution < 1.29 is 0 Å². The van der Waals surface area contributed by atoms with Crippen molar-refractivity contribution in [3.05, 3.63) is 36.3 Å². The molecule has 6 heteroatoms. The van der Waals surface area contributed by atoms with Gasteiger partial charge in [0.15, 0.2) is 5.82 Å². The van der Waals surface area contributed by atoms with Crippen LogP contribution in [-0.4, -0.2) is 33.3 Å². The van der Waals surface area contributed by atoms with E-state index in [1.165, 1.54) is 19.3 Å². The predicted octanol–water partition coefficient (Wildman–Crippen LogP) is 1.87. The summed E-state index contributed by atoms with van der Waals surface area (Å²) >= 11 is 0. The summed E-state index contributed by atoms with van der Waals surface area (Å²) in [6.45, 7) is 2.73. The molecule has 0 spiro atoms. The van der Waals surface area contributed by atoms with E-state index in [2.05, 4.69) is 30.4 Å². The lowest BCUT2D eigenvalue weighted by Crippen LogP contribution is -2.31. The molecule has 1 N–H and O–H groups in total. The van der Waals surface area contributed by atoms with Crippen LogP contribution in [0.25, 0.3) is 0 Å². The molecule has 3 heterocycles. The highest BCUT2D eigenvalue weighted by Crippen LogP contribution is 2.16. The Morgan fingerprint density at radius 2 is 2.05 bits per heavy atom. The van der Waals surface area contributed by atoms with E-state index in [4.69, 9.17) is 0 Å². The van der Waals surface area contributed by atoms with E-state index < -0.39 is 0 Å². The zero-order chi connectivity index (χ0) is 13.6. The zero-order valence-corrected chi connectivity index (χ0v) is 11.4. The van der Waals surface area contributed by atoms with E-state index in [1.807, 2.05) is 18.3 Å². The van der Waals surface area contributed by atoms with E-state index in [9.17, 15) is 0 Å². The molecule has 1 aliphatic heterocycles. The Kier molecular flexibility index (Phi) is 4.01. The van der Waals surface area contributed by atoms with Crippen LogP contribution < -0.4 is 10.2 Å². The highest BCUT2D eigenvalue weighted by atomic mass is 15.3. The predicted molar refractivity (Wildman–Crippen MR) is 77.5 cm³/mol. The number of nitrogens with zero attached hydrogens (tertiary/aromatic N) is 5. The van der Waals surface area contributed by atoms with Gasteiger partial charge in [-0.25, -0.2) is 0 Å². The molecular formula is C14H18N6. The number of aromatic nitrogens is 4. The third-order valence-corrected chi connectivity index (χ3v) is 3.38. The smallest absolute Gasteiger partial charge is 0.247 e. The first kappa shape index (κ1) is 12.8. The van der Waals surface area contributed by atoms with Crippen LogP contribution in [0, 0.1) is 0 Å². The molecule has 3 rings (SSSR count). The molecule has 0 atom stereocenters. The Bertz CT molecular complexity index is 538. The highest BCUT2D eigenvalue weighted by molar-refractivity contribution is 5.39. The van der Waals surface area contributed by atoms with Crippen LogP contribution in [0.5, 0.6) is 0 Å². The number of nitrogens with one attached hydrogen (secondary N) is 1. The first-order valence-corrected chi connectivity index (χ1v) is 6.99. The number of hydrogen-bond acceptors (Lipinski definition) is 6. The zero-order valence-electron chi connectivity index (χ0n) is 11.4. The minimum Gasteiger partial charge on any atom is -0.364 e. The molecule has 0 amide bonds. The third kappa shape index (κ3) is 3.20. The van der Waals surface area contributed by atoms with Crippen LogP contribution in [-0.2, 0) is 6.54 Å². The van der Waals surface area contributed by atoms with Gasteiger partial charge in [0.05, 0.1) is 6.20 Å². The average Bonchev–Trinajstić information content (AvgIpc) is 2.55. The fraction of sp³-hybridized carbons (Fsp3) is 0.429. The minimum atomic E-state index is 0.686. The first-order chi connectivity index (χ1) is 9.92. The summed E-state index contributed by atoms with van der Waals surface area (Å²) in [6.07, 6.45) is 8.97. The van der Waals surface area contributed by atoms with Gasteiger partial charge in [0.25, 0.3) is 0 Å². The standard InChI is InChI=1S/C14H18N6/c1-2-7-20(8-3-1)14-18-13(11-17-19-14)16-10-12-5-4-6-15-9-12/h4-6,9,11H,1-3,7-8,10H2,(H,16,18,19). The molecule has 2 aromatic rings. The SMILES string of the molecule is c1cncc(CNc2cnnc(N3CCCCC3)n2)c1. The second-order valence-electron chi connectivity index (χ2n) is 4.90. The fourth-order valence-corrected chi connectivity index (χ4v) is 2.30. The molecule has 0 unspecified atom stereocenters. The molecule has 1 aliphatic rings. The molecule has 2 aromatic heterocycles. The molecule has 20 heavy (non-hydrogen) atoms. The van der Waals surface area contributed by atoms with Gasteiger partial charge in [0.2, 0.25) is 5.95 Å². The molecule has 0 aromatic carbocycles. The third-order valence-electron chi connectivity index (χ3n) is 3.38. The van der Waals surface area contributed by atoms with Crippen molar-refractivity contribution in [3.8, 4) is 0 Å². The fourth-order valence-electron chi connectivity index (χ4n) is 2.30. The lowest BCUT2D eigenvalue weighted by molar-refractivity contribution is 0.565. The minimum absolute atomic E-state index is 0.686. The number of hydrogen-bond donors (Lipinski definition) is 1. The van der Waals surface area contributed by atoms with Crippen molar-refractivity contribution >= 4 is 11.8 Å². The van der Waals surface area contributed by atoms with Gasteiger partial charge >= 0.3 is 0 Å². The molecule has 0 aliphatic carbocycles. The lowest BCUT2D eigenvalue weighted by atomic mass is 10.1. The Balaban J connectivity index is 1.65. The first-order valence-electron chi connectivity index (χ1n) is 6.99. The van der Waals surface area contributed by atoms with Crippen LogP contribution in [0.15, 0.2) is 30.7 Å². The molecule has 104 valence electrons. The molecule has 0 saturated carbocycles. The quantitative estimate of drug-likeness (QED) is 0.915. The van der Waals surface area contributed by atoms with Crippen molar-refractivity contribution in [2.75, 3.05) is 23.3 Å². The molecule has 0 bridgehead atoms. The van der Waals surface area contributed by atoms with Gasteiger partial charge in [-0.15, -0.1) is 5.10 Å². The monoisotopic (exact) mass is 270 g/mol. The summed E-state index contributed by atoms with van der Waals surface area (Å²) in [4.78, 5) is 10.8. The summed E-state index contributed by atoms with van der Waals surface area (Å²) in [6, 6.07) is 3.95. The van der Waals surface area contributed by atoms with Crippen LogP contribution >= 0.6 is 0 Å². The highest BCUT2D eigenvalue weighted by Gasteiger charge is 2.14. The number of anilines is 2. The van der Waals surface area contributed by atoms with Crippen LogP contribution in [0.2, 0.25) is 0 Å². The lowest BCUT2D eigenvalue weighted by Gasteiger charge is -2.26. The van der Waals surface area contributed by atoms with Gasteiger partial charge in [-0.3, -0.25) is 4.98 Å². The van der Waals surface area contributed by atoms with Gasteiger partial charge < -0.3 is 10.2 Å². The summed E-state index contributed by atoms with van der Waals surface area (Å²) in [5.41, 5.74) is 1.12. The molecular weight excluding hydrogens is 252 g/mol. The van der Waals surface area contributed by atoms with Crippen LogP contribution in [0.3, 0.4) is 0 Å². The maximum absolute atomic E-state index is 4.53. The van der Waals surface area contributed by atoms with Gasteiger partial charge in [-0.05, 0) is 30.9 Å². The van der Waals surface area contributed by atoms with E-state index in [0.717, 1.165) is 30.4 Å². The van der Waals surface area contributed by atoms with Gasteiger partial charge in [-0.1, -0.05) is 6.07 Å². The van der Waals surface area contributed by atoms with Gasteiger partial charge in [0.1, 0.15) is 0 Å². The van der Waals surface area contributed by atoms with Gasteiger partial charge in [0, 0.05) is 32.0 Å². The van der Waals surface area contributed by atoms with Crippen molar-refractivity contribution in [2.24, 2.45) is 0 Å². The Labute approximate surface area is 118 Å². The second kappa shape index (κ2) is 6.27. The molecule has 0 radical (unpaired) electrons. The Morgan fingerprint density at radius 3 is 2.85 bits per heavy atom. The summed E-state index contributed by atoms with van der Waals surface area (Å²) in [5, 5.41) is 11.4. The van der Waals surface area contributed by atoms with E-state index in [0.29, 0.717) is 6.54 Å². The Morgan fingerprint density at radius 1 is 1.15 bits per heavy atom. The van der Waals surface area contributed by atoms with Crippen molar-refractivity contribution in [1.82, 2.24) is 20.2 Å². The normalized spacial score (nSPS) is 15.1. The van der Waals surface area contributed by atoms with Crippen molar-refractivity contribution in [2.45, 2.75) is 25.8 Å². The topological polar surface area (TPSA) is 66.8 Å². The molecule has 1 saturated heterocycles. The van der Waals surface area contributed by atoms with Crippen molar-refractivity contribution in [1.29, 1.82) is 0 Å². The molecule has 6 nitrogen and oxygen atoms in total. The molecule has 1 fully saturated rings. The van der Waals surface area contributed by atoms with E-state index in [-0.39, 0.29) is 0 Å². The number of pyridine rings is 1. The number of piperidine rings is 1.